The molecule has 0 saturated heterocycles. The highest BCUT2D eigenvalue weighted by atomic mass is 32.1. The van der Waals surface area contributed by atoms with Crippen molar-refractivity contribution in [3.8, 4) is 0 Å². The fourth-order valence-electron chi connectivity index (χ4n) is 2.70. The number of aryl methyl sites for hydroxylation is 2. The minimum absolute atomic E-state index is 0.0750. The van der Waals surface area contributed by atoms with Crippen molar-refractivity contribution in [1.29, 1.82) is 0 Å². The van der Waals surface area contributed by atoms with Gasteiger partial charge in [0.05, 0.1) is 21.2 Å². The van der Waals surface area contributed by atoms with Gasteiger partial charge in [-0.2, -0.15) is 10.2 Å². The number of unbranched alkanes of at least 4 members (excludes halogenated alkanes) is 3. The Balaban J connectivity index is 1.54. The van der Waals surface area contributed by atoms with Crippen LogP contribution in [0, 0.1) is 13.8 Å². The summed E-state index contributed by atoms with van der Waals surface area (Å²) in [5.74, 6) is -0.150. The van der Waals surface area contributed by atoms with Gasteiger partial charge in [-0.3, -0.25) is 9.59 Å². The molecule has 0 radical (unpaired) electrons. The first-order valence-electron chi connectivity index (χ1n) is 10.1. The summed E-state index contributed by atoms with van der Waals surface area (Å²) >= 11 is 3.32. The maximum absolute atomic E-state index is 11.9. The predicted octanol–water partition coefficient (Wildman–Crippen LogP) is 5.15. The van der Waals surface area contributed by atoms with Crippen molar-refractivity contribution < 1.29 is 9.59 Å². The first-order valence-corrected chi connectivity index (χ1v) is 11.8. The molecular weight excluding hydrogens is 416 g/mol. The lowest BCUT2D eigenvalue weighted by Gasteiger charge is -2.03. The molecule has 2 rings (SSSR count). The Bertz CT molecular complexity index is 838. The number of carbonyl (C=O) groups is 2. The van der Waals surface area contributed by atoms with E-state index in [-0.39, 0.29) is 11.8 Å². The normalized spacial score (nSPS) is 12.1. The van der Waals surface area contributed by atoms with E-state index < -0.39 is 0 Å². The van der Waals surface area contributed by atoms with Crippen LogP contribution in [0.2, 0.25) is 0 Å². The molecule has 2 heterocycles. The lowest BCUT2D eigenvalue weighted by molar-refractivity contribution is -0.122. The molecule has 0 atom stereocenters. The molecule has 0 aliphatic rings. The molecule has 0 aromatic carbocycles. The number of amides is 2. The van der Waals surface area contributed by atoms with Gasteiger partial charge in [0.15, 0.2) is 0 Å². The highest BCUT2D eigenvalue weighted by Crippen LogP contribution is 2.16. The molecule has 0 saturated carbocycles. The van der Waals surface area contributed by atoms with Crippen LogP contribution >= 0.6 is 22.7 Å². The van der Waals surface area contributed by atoms with E-state index in [1.54, 1.807) is 22.7 Å². The molecule has 0 bridgehead atoms. The van der Waals surface area contributed by atoms with Crippen LogP contribution in [0.1, 0.15) is 71.9 Å². The second-order valence-electron chi connectivity index (χ2n) is 7.20. The molecule has 162 valence electrons. The molecule has 0 aliphatic heterocycles. The quantitative estimate of drug-likeness (QED) is 0.284. The number of thiophene rings is 2. The van der Waals surface area contributed by atoms with Crippen molar-refractivity contribution in [2.24, 2.45) is 10.2 Å². The van der Waals surface area contributed by atoms with Crippen LogP contribution in [0.25, 0.3) is 0 Å². The largest absolute Gasteiger partial charge is 0.273 e. The van der Waals surface area contributed by atoms with Gasteiger partial charge in [-0.05, 0) is 64.8 Å². The Morgan fingerprint density at radius 1 is 0.733 bits per heavy atom. The van der Waals surface area contributed by atoms with Gasteiger partial charge >= 0.3 is 0 Å². The fraction of sp³-hybridized carbons (Fsp3) is 0.455. The van der Waals surface area contributed by atoms with Crippen LogP contribution in [-0.2, 0) is 9.59 Å². The van der Waals surface area contributed by atoms with Crippen molar-refractivity contribution in [1.82, 2.24) is 10.9 Å². The van der Waals surface area contributed by atoms with E-state index in [1.807, 2.05) is 52.0 Å². The average molecular weight is 447 g/mol. The maximum Gasteiger partial charge on any atom is 0.240 e. The second kappa shape index (κ2) is 12.4. The monoisotopic (exact) mass is 446 g/mol. The molecule has 2 aromatic rings. The highest BCUT2D eigenvalue weighted by Gasteiger charge is 2.05. The van der Waals surface area contributed by atoms with Crippen LogP contribution in [0.15, 0.2) is 34.5 Å². The van der Waals surface area contributed by atoms with Crippen molar-refractivity contribution in [2.75, 3.05) is 0 Å². The third kappa shape index (κ3) is 8.59. The summed E-state index contributed by atoms with van der Waals surface area (Å²) in [5.41, 5.74) is 6.88. The highest BCUT2D eigenvalue weighted by molar-refractivity contribution is 7.14. The van der Waals surface area contributed by atoms with Gasteiger partial charge in [0.1, 0.15) is 0 Å². The third-order valence-electron chi connectivity index (χ3n) is 4.45. The number of hydrogen-bond donors (Lipinski definition) is 2. The van der Waals surface area contributed by atoms with E-state index in [0.717, 1.165) is 46.9 Å². The van der Waals surface area contributed by atoms with Gasteiger partial charge < -0.3 is 0 Å². The maximum atomic E-state index is 11.9. The summed E-state index contributed by atoms with van der Waals surface area (Å²) < 4.78 is 0. The molecule has 2 N–H and O–H groups in total. The van der Waals surface area contributed by atoms with Crippen LogP contribution in [0.4, 0.5) is 0 Å². The number of hydrogen-bond acceptors (Lipinski definition) is 6. The molecule has 2 aromatic heterocycles. The summed E-state index contributed by atoms with van der Waals surface area (Å²) in [7, 11) is 0. The summed E-state index contributed by atoms with van der Waals surface area (Å²) in [5, 5.41) is 8.33. The number of nitrogens with zero attached hydrogens (tertiary/aromatic N) is 2. The SMILES string of the molecule is C/C(=N\NC(=O)CCCCCCC(=O)N/N=C(\C)c1ccc(C)s1)c1ccc(C)s1. The zero-order valence-electron chi connectivity index (χ0n) is 18.1. The van der Waals surface area contributed by atoms with Crippen LogP contribution in [-0.4, -0.2) is 23.2 Å². The zero-order chi connectivity index (χ0) is 21.9. The number of rotatable bonds is 11. The first kappa shape index (κ1) is 24.0. The van der Waals surface area contributed by atoms with E-state index >= 15 is 0 Å². The lowest BCUT2D eigenvalue weighted by atomic mass is 10.1. The Hall–Kier alpha value is -2.32. The van der Waals surface area contributed by atoms with Gasteiger partial charge in [-0.1, -0.05) is 12.8 Å². The van der Waals surface area contributed by atoms with E-state index in [1.165, 1.54) is 9.75 Å². The van der Waals surface area contributed by atoms with Gasteiger partial charge in [0, 0.05) is 22.6 Å². The molecule has 8 heteroatoms. The fourth-order valence-corrected chi connectivity index (χ4v) is 4.32. The molecule has 6 nitrogen and oxygen atoms in total. The van der Waals surface area contributed by atoms with E-state index in [9.17, 15) is 9.59 Å². The molecular formula is C22H30N4O2S2. The summed E-state index contributed by atoms with van der Waals surface area (Å²) in [6.45, 7) is 7.88. The van der Waals surface area contributed by atoms with Crippen LogP contribution in [0.3, 0.4) is 0 Å². The summed E-state index contributed by atoms with van der Waals surface area (Å²) in [4.78, 5) is 28.4. The zero-order valence-corrected chi connectivity index (χ0v) is 19.7. The molecule has 2 amide bonds. The number of hydrazone groups is 2. The van der Waals surface area contributed by atoms with Crippen molar-refractivity contribution in [2.45, 2.75) is 66.2 Å². The van der Waals surface area contributed by atoms with Crippen molar-refractivity contribution in [3.63, 3.8) is 0 Å². The Labute approximate surface area is 186 Å². The molecule has 0 spiro atoms. The first-order chi connectivity index (χ1) is 14.3. The average Bonchev–Trinajstić information content (AvgIpc) is 3.35. The minimum atomic E-state index is -0.0750. The van der Waals surface area contributed by atoms with Gasteiger partial charge in [0.2, 0.25) is 11.8 Å². The molecule has 0 unspecified atom stereocenters. The number of nitrogens with one attached hydrogen (secondary N) is 2. The number of carbonyl (C=O) groups excluding carboxylic acids is 2. The van der Waals surface area contributed by atoms with Gasteiger partial charge in [-0.15, -0.1) is 22.7 Å². The predicted molar refractivity (Wildman–Crippen MR) is 127 cm³/mol. The van der Waals surface area contributed by atoms with Crippen molar-refractivity contribution in [3.05, 3.63) is 43.8 Å². The molecule has 0 fully saturated rings. The lowest BCUT2D eigenvalue weighted by Crippen LogP contribution is -2.19. The van der Waals surface area contributed by atoms with Crippen molar-refractivity contribution >= 4 is 45.9 Å². The summed E-state index contributed by atoms with van der Waals surface area (Å²) in [6, 6.07) is 8.10. The summed E-state index contributed by atoms with van der Waals surface area (Å²) in [6.07, 6.45) is 4.27. The smallest absolute Gasteiger partial charge is 0.240 e. The van der Waals surface area contributed by atoms with E-state index in [2.05, 4.69) is 21.1 Å². The van der Waals surface area contributed by atoms with Crippen LogP contribution in [0.5, 0.6) is 0 Å². The Morgan fingerprint density at radius 2 is 1.13 bits per heavy atom. The third-order valence-corrected chi connectivity index (χ3v) is 6.67. The second-order valence-corrected chi connectivity index (χ2v) is 9.77. The standard InChI is InChI=1S/C22H30N4O2S2/c1-15-11-13-19(29-15)17(3)23-25-21(27)9-7-5-6-8-10-22(28)26-24-18(4)20-14-12-16(2)30-20/h11-14H,5-10H2,1-4H3,(H,25,27)(H,26,28)/b23-17+,24-18+. The Kier molecular flexibility index (Phi) is 9.89. The minimum Gasteiger partial charge on any atom is -0.273 e. The molecule has 0 aliphatic carbocycles. The molecule has 30 heavy (non-hydrogen) atoms. The Morgan fingerprint density at radius 3 is 1.47 bits per heavy atom. The van der Waals surface area contributed by atoms with Gasteiger partial charge in [0.25, 0.3) is 0 Å². The van der Waals surface area contributed by atoms with Crippen LogP contribution < -0.4 is 10.9 Å². The van der Waals surface area contributed by atoms with Gasteiger partial charge in [-0.25, -0.2) is 10.9 Å². The van der Waals surface area contributed by atoms with E-state index in [4.69, 9.17) is 0 Å². The van der Waals surface area contributed by atoms with E-state index in [0.29, 0.717) is 12.8 Å². The topological polar surface area (TPSA) is 82.9 Å².